The topological polar surface area (TPSA) is 49.3 Å². The number of nitrogens with one attached hydrogen (secondary N) is 1. The van der Waals surface area contributed by atoms with E-state index in [1.165, 1.54) is 0 Å². The lowest BCUT2D eigenvalue weighted by Gasteiger charge is -2.11. The lowest BCUT2D eigenvalue weighted by Crippen LogP contribution is -2.24. The van der Waals surface area contributed by atoms with E-state index in [0.29, 0.717) is 0 Å². The highest BCUT2D eigenvalue weighted by Crippen LogP contribution is 2.17. The molecule has 1 aromatic rings. The van der Waals surface area contributed by atoms with Crippen molar-refractivity contribution in [2.45, 2.75) is 6.04 Å². The molecule has 4 heteroatoms. The van der Waals surface area contributed by atoms with Crippen LogP contribution < -0.4 is 5.32 Å². The zero-order valence-corrected chi connectivity index (χ0v) is 8.71. The van der Waals surface area contributed by atoms with Crippen LogP contribution in [0.3, 0.4) is 0 Å². The monoisotopic (exact) mass is 243 g/mol. The number of carboxylic acids is 1. The Hall–Kier alpha value is -0.870. The van der Waals surface area contributed by atoms with Gasteiger partial charge in [0.2, 0.25) is 0 Å². The van der Waals surface area contributed by atoms with Crippen molar-refractivity contribution in [3.8, 4) is 0 Å². The van der Waals surface area contributed by atoms with E-state index in [1.54, 1.807) is 19.2 Å². The molecule has 1 aromatic carbocycles. The quantitative estimate of drug-likeness (QED) is 0.852. The second-order valence-electron chi connectivity index (χ2n) is 2.61. The number of carbonyl (C=O) groups is 1. The molecule has 0 saturated carbocycles. The summed E-state index contributed by atoms with van der Waals surface area (Å²) in [6.45, 7) is 0. The van der Waals surface area contributed by atoms with Crippen LogP contribution in [-0.2, 0) is 4.79 Å². The van der Waals surface area contributed by atoms with E-state index in [1.807, 2.05) is 12.1 Å². The Morgan fingerprint density at radius 1 is 1.62 bits per heavy atom. The summed E-state index contributed by atoms with van der Waals surface area (Å²) >= 11 is 3.29. The molecule has 0 heterocycles. The van der Waals surface area contributed by atoms with Gasteiger partial charge >= 0.3 is 5.97 Å². The van der Waals surface area contributed by atoms with Crippen LogP contribution >= 0.6 is 15.9 Å². The molecule has 0 radical (unpaired) electrons. The second kappa shape index (κ2) is 4.39. The molecule has 0 aliphatic heterocycles. The average molecular weight is 244 g/mol. The highest BCUT2D eigenvalue weighted by Gasteiger charge is 2.16. The van der Waals surface area contributed by atoms with Gasteiger partial charge in [0.25, 0.3) is 0 Å². The van der Waals surface area contributed by atoms with Gasteiger partial charge < -0.3 is 10.4 Å². The maximum Gasteiger partial charge on any atom is 0.325 e. The van der Waals surface area contributed by atoms with Gasteiger partial charge in [0, 0.05) is 4.47 Å². The van der Waals surface area contributed by atoms with Crippen molar-refractivity contribution in [1.29, 1.82) is 0 Å². The SMILES string of the molecule is CN[C@H](C(=O)O)c1cccc(Br)c1. The number of carboxylic acid groups (broad SMARTS) is 1. The maximum atomic E-state index is 10.8. The molecule has 0 unspecified atom stereocenters. The Balaban J connectivity index is 2.98. The fraction of sp³-hybridized carbons (Fsp3) is 0.222. The number of benzene rings is 1. The van der Waals surface area contributed by atoms with Gasteiger partial charge in [-0.25, -0.2) is 0 Å². The van der Waals surface area contributed by atoms with Crippen molar-refractivity contribution in [3.63, 3.8) is 0 Å². The van der Waals surface area contributed by atoms with E-state index in [0.717, 1.165) is 10.0 Å². The lowest BCUT2D eigenvalue weighted by atomic mass is 10.1. The zero-order valence-electron chi connectivity index (χ0n) is 7.12. The number of rotatable bonds is 3. The third kappa shape index (κ3) is 2.54. The largest absolute Gasteiger partial charge is 0.480 e. The predicted octanol–water partition coefficient (Wildman–Crippen LogP) is 1.79. The predicted molar refractivity (Wildman–Crippen MR) is 53.6 cm³/mol. The maximum absolute atomic E-state index is 10.8. The highest BCUT2D eigenvalue weighted by molar-refractivity contribution is 9.10. The van der Waals surface area contributed by atoms with E-state index in [9.17, 15) is 4.79 Å². The molecule has 70 valence electrons. The second-order valence-corrected chi connectivity index (χ2v) is 3.53. The smallest absolute Gasteiger partial charge is 0.325 e. The standard InChI is InChI=1S/C9H10BrNO2/c1-11-8(9(12)13)6-3-2-4-7(10)5-6/h2-5,8,11H,1H3,(H,12,13)/t8-/m0/s1. The molecule has 0 spiro atoms. The van der Waals surface area contributed by atoms with E-state index < -0.39 is 12.0 Å². The van der Waals surface area contributed by atoms with E-state index in [-0.39, 0.29) is 0 Å². The molecule has 1 atom stereocenters. The summed E-state index contributed by atoms with van der Waals surface area (Å²) < 4.78 is 0.881. The Bertz CT molecular complexity index is 314. The summed E-state index contributed by atoms with van der Waals surface area (Å²) in [5.74, 6) is -0.874. The minimum atomic E-state index is -0.874. The molecule has 0 aromatic heterocycles. The first-order chi connectivity index (χ1) is 6.15. The third-order valence-electron chi connectivity index (χ3n) is 1.72. The van der Waals surface area contributed by atoms with Crippen molar-refractivity contribution in [2.24, 2.45) is 0 Å². The minimum absolute atomic E-state index is 0.641. The molecule has 0 saturated heterocycles. The summed E-state index contributed by atoms with van der Waals surface area (Å²) in [6, 6.07) is 6.60. The van der Waals surface area contributed by atoms with Gasteiger partial charge in [-0.3, -0.25) is 4.79 Å². The molecule has 3 nitrogen and oxygen atoms in total. The Kier molecular flexibility index (Phi) is 3.45. The summed E-state index contributed by atoms with van der Waals surface area (Å²) in [7, 11) is 1.62. The van der Waals surface area contributed by atoms with Gasteiger partial charge in [0.1, 0.15) is 6.04 Å². The van der Waals surface area contributed by atoms with Crippen LogP contribution in [0.2, 0.25) is 0 Å². The first-order valence-corrected chi connectivity index (χ1v) is 4.60. The summed E-state index contributed by atoms with van der Waals surface area (Å²) in [4.78, 5) is 10.8. The average Bonchev–Trinajstić information content (AvgIpc) is 2.04. The molecule has 0 bridgehead atoms. The normalized spacial score (nSPS) is 12.5. The Labute approximate surface area is 84.9 Å². The van der Waals surface area contributed by atoms with Crippen molar-refractivity contribution in [2.75, 3.05) is 7.05 Å². The molecule has 0 amide bonds. The van der Waals surface area contributed by atoms with Gasteiger partial charge in [-0.05, 0) is 24.7 Å². The molecule has 0 aliphatic carbocycles. The van der Waals surface area contributed by atoms with Gasteiger partial charge in [0.05, 0.1) is 0 Å². The van der Waals surface area contributed by atoms with Gasteiger partial charge in [-0.2, -0.15) is 0 Å². The van der Waals surface area contributed by atoms with Crippen LogP contribution in [0.25, 0.3) is 0 Å². The van der Waals surface area contributed by atoms with E-state index >= 15 is 0 Å². The Morgan fingerprint density at radius 2 is 2.31 bits per heavy atom. The number of halogens is 1. The van der Waals surface area contributed by atoms with Crippen molar-refractivity contribution >= 4 is 21.9 Å². The first kappa shape index (κ1) is 10.2. The van der Waals surface area contributed by atoms with Crippen molar-refractivity contribution < 1.29 is 9.90 Å². The first-order valence-electron chi connectivity index (χ1n) is 3.80. The molecular weight excluding hydrogens is 234 g/mol. The van der Waals surface area contributed by atoms with Crippen molar-refractivity contribution in [3.05, 3.63) is 34.3 Å². The number of hydrogen-bond donors (Lipinski definition) is 2. The van der Waals surface area contributed by atoms with Crippen LogP contribution in [-0.4, -0.2) is 18.1 Å². The van der Waals surface area contributed by atoms with Gasteiger partial charge in [0.15, 0.2) is 0 Å². The van der Waals surface area contributed by atoms with Crippen molar-refractivity contribution in [1.82, 2.24) is 5.32 Å². The fourth-order valence-corrected chi connectivity index (χ4v) is 1.54. The zero-order chi connectivity index (χ0) is 9.84. The molecule has 0 fully saturated rings. The van der Waals surface area contributed by atoms with E-state index in [4.69, 9.17) is 5.11 Å². The van der Waals surface area contributed by atoms with Crippen LogP contribution in [0.1, 0.15) is 11.6 Å². The Morgan fingerprint density at radius 3 is 2.77 bits per heavy atom. The molecule has 1 rings (SSSR count). The van der Waals surface area contributed by atoms with Crippen LogP contribution in [0.4, 0.5) is 0 Å². The summed E-state index contributed by atoms with van der Waals surface area (Å²) in [5, 5.41) is 11.6. The lowest BCUT2D eigenvalue weighted by molar-refractivity contribution is -0.139. The van der Waals surface area contributed by atoms with Gasteiger partial charge in [-0.15, -0.1) is 0 Å². The molecule has 2 N–H and O–H groups in total. The summed E-state index contributed by atoms with van der Waals surface area (Å²) in [6.07, 6.45) is 0. The molecular formula is C9H10BrNO2. The van der Waals surface area contributed by atoms with Gasteiger partial charge in [-0.1, -0.05) is 28.1 Å². The number of likely N-dealkylation sites (N-methyl/N-ethyl adjacent to an activating group) is 1. The fourth-order valence-electron chi connectivity index (χ4n) is 1.12. The van der Waals surface area contributed by atoms with Crippen LogP contribution in [0.15, 0.2) is 28.7 Å². The van der Waals surface area contributed by atoms with E-state index in [2.05, 4.69) is 21.2 Å². The number of hydrogen-bond acceptors (Lipinski definition) is 2. The minimum Gasteiger partial charge on any atom is -0.480 e. The number of aliphatic carboxylic acids is 1. The van der Waals surface area contributed by atoms with Crippen LogP contribution in [0.5, 0.6) is 0 Å². The third-order valence-corrected chi connectivity index (χ3v) is 2.21. The molecule has 0 aliphatic rings. The highest BCUT2D eigenvalue weighted by atomic mass is 79.9. The molecule has 13 heavy (non-hydrogen) atoms. The van der Waals surface area contributed by atoms with Crippen LogP contribution in [0, 0.1) is 0 Å². The summed E-state index contributed by atoms with van der Waals surface area (Å²) in [5.41, 5.74) is 0.740.